The summed E-state index contributed by atoms with van der Waals surface area (Å²) >= 11 is 8.31. The second-order valence-electron chi connectivity index (χ2n) is 4.43. The van der Waals surface area contributed by atoms with Crippen LogP contribution in [0.3, 0.4) is 0 Å². The van der Waals surface area contributed by atoms with Gasteiger partial charge in [0.2, 0.25) is 0 Å². The lowest BCUT2D eigenvalue weighted by Gasteiger charge is -2.17. The second kappa shape index (κ2) is 6.55. The van der Waals surface area contributed by atoms with E-state index in [1.807, 2.05) is 18.2 Å². The van der Waals surface area contributed by atoms with E-state index in [9.17, 15) is 0 Å². The maximum Gasteiger partial charge on any atom is 0.0409 e. The van der Waals surface area contributed by atoms with Crippen LogP contribution in [0.2, 0.25) is 5.02 Å². The molecule has 0 heterocycles. The lowest BCUT2D eigenvalue weighted by molar-refractivity contribution is 0.319. The van der Waals surface area contributed by atoms with Gasteiger partial charge in [-0.1, -0.05) is 35.9 Å². The summed E-state index contributed by atoms with van der Waals surface area (Å²) in [4.78, 5) is 2.29. The molecule has 0 aliphatic rings. The summed E-state index contributed by atoms with van der Waals surface area (Å²) in [6.07, 6.45) is 0. The Morgan fingerprint density at radius 2 is 1.67 bits per heavy atom. The highest BCUT2D eigenvalue weighted by Gasteiger charge is 2.02. The van der Waals surface area contributed by atoms with Crippen molar-refractivity contribution in [3.63, 3.8) is 0 Å². The van der Waals surface area contributed by atoms with E-state index in [1.165, 1.54) is 14.7 Å². The number of rotatable bonds is 4. The summed E-state index contributed by atoms with van der Waals surface area (Å²) in [6, 6.07) is 16.7. The number of halogens is 2. The van der Waals surface area contributed by atoms with Gasteiger partial charge in [0.1, 0.15) is 0 Å². The standard InChI is InChI=1S/C15H15ClIN/c1-18(10-12-5-7-15(17)8-6-12)11-13-3-2-4-14(16)9-13/h2-9H,10-11H2,1H3. The van der Waals surface area contributed by atoms with Crippen molar-refractivity contribution in [2.75, 3.05) is 7.05 Å². The topological polar surface area (TPSA) is 3.24 Å². The van der Waals surface area contributed by atoms with Crippen LogP contribution in [0.15, 0.2) is 48.5 Å². The van der Waals surface area contributed by atoms with Gasteiger partial charge in [-0.3, -0.25) is 4.90 Å². The van der Waals surface area contributed by atoms with Crippen LogP contribution < -0.4 is 0 Å². The average Bonchev–Trinajstić information content (AvgIpc) is 2.32. The van der Waals surface area contributed by atoms with Gasteiger partial charge < -0.3 is 0 Å². The van der Waals surface area contributed by atoms with Crippen LogP contribution >= 0.6 is 34.2 Å². The molecule has 0 radical (unpaired) electrons. The normalized spacial score (nSPS) is 10.9. The fourth-order valence-corrected chi connectivity index (χ4v) is 2.48. The van der Waals surface area contributed by atoms with Crippen molar-refractivity contribution in [1.82, 2.24) is 4.90 Å². The number of benzene rings is 2. The zero-order valence-corrected chi connectivity index (χ0v) is 13.1. The number of hydrogen-bond acceptors (Lipinski definition) is 1. The van der Waals surface area contributed by atoms with Gasteiger partial charge in [0.15, 0.2) is 0 Å². The molecule has 2 rings (SSSR count). The quantitative estimate of drug-likeness (QED) is 0.711. The van der Waals surface area contributed by atoms with E-state index < -0.39 is 0 Å². The van der Waals surface area contributed by atoms with E-state index in [2.05, 4.69) is 64.9 Å². The second-order valence-corrected chi connectivity index (χ2v) is 6.11. The molecule has 0 saturated heterocycles. The zero-order chi connectivity index (χ0) is 13.0. The Bertz CT molecular complexity index is 510. The number of hydrogen-bond donors (Lipinski definition) is 0. The fraction of sp³-hybridized carbons (Fsp3) is 0.200. The Morgan fingerprint density at radius 3 is 2.33 bits per heavy atom. The van der Waals surface area contributed by atoms with Crippen LogP contribution in [0.5, 0.6) is 0 Å². The fourth-order valence-electron chi connectivity index (χ4n) is 1.90. The Balaban J connectivity index is 1.96. The lowest BCUT2D eigenvalue weighted by atomic mass is 10.2. The van der Waals surface area contributed by atoms with Gasteiger partial charge in [-0.2, -0.15) is 0 Å². The smallest absolute Gasteiger partial charge is 0.0409 e. The van der Waals surface area contributed by atoms with Crippen LogP contribution in [0.25, 0.3) is 0 Å². The summed E-state index contributed by atoms with van der Waals surface area (Å²) < 4.78 is 1.27. The summed E-state index contributed by atoms with van der Waals surface area (Å²) in [7, 11) is 2.12. The van der Waals surface area contributed by atoms with E-state index in [4.69, 9.17) is 11.6 Å². The van der Waals surface area contributed by atoms with Crippen LogP contribution in [-0.2, 0) is 13.1 Å². The van der Waals surface area contributed by atoms with Gasteiger partial charge in [0.25, 0.3) is 0 Å². The highest BCUT2D eigenvalue weighted by molar-refractivity contribution is 14.1. The Morgan fingerprint density at radius 1 is 1.00 bits per heavy atom. The molecule has 0 aromatic heterocycles. The molecule has 0 N–H and O–H groups in total. The van der Waals surface area contributed by atoms with Gasteiger partial charge in [0, 0.05) is 21.7 Å². The van der Waals surface area contributed by atoms with Crippen LogP contribution in [0.4, 0.5) is 0 Å². The molecule has 0 fully saturated rings. The highest BCUT2D eigenvalue weighted by Crippen LogP contribution is 2.14. The van der Waals surface area contributed by atoms with Crippen molar-refractivity contribution in [3.05, 3.63) is 68.3 Å². The largest absolute Gasteiger partial charge is 0.298 e. The first kappa shape index (κ1) is 13.8. The summed E-state index contributed by atoms with van der Waals surface area (Å²) in [6.45, 7) is 1.86. The van der Waals surface area contributed by atoms with Crippen molar-refractivity contribution >= 4 is 34.2 Å². The van der Waals surface area contributed by atoms with Crippen molar-refractivity contribution < 1.29 is 0 Å². The van der Waals surface area contributed by atoms with E-state index in [0.717, 1.165) is 18.1 Å². The molecule has 2 aromatic carbocycles. The van der Waals surface area contributed by atoms with Crippen LogP contribution in [-0.4, -0.2) is 11.9 Å². The molecular weight excluding hydrogens is 357 g/mol. The van der Waals surface area contributed by atoms with E-state index >= 15 is 0 Å². The van der Waals surface area contributed by atoms with E-state index in [0.29, 0.717) is 0 Å². The maximum atomic E-state index is 5.99. The van der Waals surface area contributed by atoms with Gasteiger partial charge in [-0.25, -0.2) is 0 Å². The Kier molecular flexibility index (Phi) is 5.03. The van der Waals surface area contributed by atoms with Gasteiger partial charge in [-0.15, -0.1) is 0 Å². The van der Waals surface area contributed by atoms with E-state index in [-0.39, 0.29) is 0 Å². The molecule has 0 unspecified atom stereocenters. The minimum absolute atomic E-state index is 0.801. The number of nitrogens with zero attached hydrogens (tertiary/aromatic N) is 1. The molecule has 0 aliphatic carbocycles. The van der Waals surface area contributed by atoms with Crippen molar-refractivity contribution in [2.45, 2.75) is 13.1 Å². The average molecular weight is 372 g/mol. The first-order valence-corrected chi connectivity index (χ1v) is 7.26. The third-order valence-electron chi connectivity index (χ3n) is 2.71. The highest BCUT2D eigenvalue weighted by atomic mass is 127. The van der Waals surface area contributed by atoms with Gasteiger partial charge in [-0.05, 0) is 65.0 Å². The summed E-state index contributed by atoms with van der Waals surface area (Å²) in [5.74, 6) is 0. The molecule has 0 spiro atoms. The van der Waals surface area contributed by atoms with Crippen molar-refractivity contribution in [1.29, 1.82) is 0 Å². The molecule has 0 aliphatic heterocycles. The van der Waals surface area contributed by atoms with Crippen molar-refractivity contribution in [2.24, 2.45) is 0 Å². The van der Waals surface area contributed by atoms with Gasteiger partial charge >= 0.3 is 0 Å². The SMILES string of the molecule is CN(Cc1ccc(I)cc1)Cc1cccc(Cl)c1. The minimum Gasteiger partial charge on any atom is -0.298 e. The van der Waals surface area contributed by atoms with Crippen molar-refractivity contribution in [3.8, 4) is 0 Å². The van der Waals surface area contributed by atoms with Crippen LogP contribution in [0, 0.1) is 3.57 Å². The molecule has 1 nitrogen and oxygen atoms in total. The molecule has 3 heteroatoms. The van der Waals surface area contributed by atoms with E-state index in [1.54, 1.807) is 0 Å². The monoisotopic (exact) mass is 371 g/mol. The molecule has 2 aromatic rings. The molecule has 94 valence electrons. The Labute approximate surface area is 127 Å². The molecule has 0 atom stereocenters. The third kappa shape index (κ3) is 4.26. The minimum atomic E-state index is 0.801. The summed E-state index contributed by atoms with van der Waals surface area (Å²) in [5, 5.41) is 0.801. The molecule has 18 heavy (non-hydrogen) atoms. The van der Waals surface area contributed by atoms with Crippen LogP contribution in [0.1, 0.15) is 11.1 Å². The lowest BCUT2D eigenvalue weighted by Crippen LogP contribution is -2.17. The first-order valence-electron chi connectivity index (χ1n) is 5.81. The zero-order valence-electron chi connectivity index (χ0n) is 10.2. The molecular formula is C15H15ClIN. The molecule has 0 amide bonds. The first-order chi connectivity index (χ1) is 8.63. The molecule has 0 bridgehead atoms. The maximum absolute atomic E-state index is 5.99. The molecule has 0 saturated carbocycles. The third-order valence-corrected chi connectivity index (χ3v) is 3.66. The predicted octanol–water partition coefficient (Wildman–Crippen LogP) is 4.58. The predicted molar refractivity (Wildman–Crippen MR) is 85.8 cm³/mol. The van der Waals surface area contributed by atoms with Gasteiger partial charge in [0.05, 0.1) is 0 Å². The summed E-state index contributed by atoms with van der Waals surface area (Å²) in [5.41, 5.74) is 2.58. The Hall–Kier alpha value is -0.580.